The molecule has 1 aromatic carbocycles. The Kier molecular flexibility index (Phi) is 4.14. The van der Waals surface area contributed by atoms with Crippen LogP contribution in [0.4, 0.5) is 8.78 Å². The standard InChI is InChI=1S/C14H18F2N2O/c1-3-4-7-18-13(17-9(2)14(18)19)11-6-5-10(15)8-12(11)16/h5-6,8-9,13,17H,3-4,7H2,1-2H3. The van der Waals surface area contributed by atoms with Gasteiger partial charge in [-0.3, -0.25) is 10.1 Å². The highest BCUT2D eigenvalue weighted by atomic mass is 19.1. The van der Waals surface area contributed by atoms with Crippen molar-refractivity contribution in [3.05, 3.63) is 35.4 Å². The summed E-state index contributed by atoms with van der Waals surface area (Å²) in [5.74, 6) is -1.28. The molecular weight excluding hydrogens is 250 g/mol. The van der Waals surface area contributed by atoms with Crippen LogP contribution >= 0.6 is 0 Å². The van der Waals surface area contributed by atoms with E-state index in [-0.39, 0.29) is 11.9 Å². The molecule has 104 valence electrons. The Morgan fingerprint density at radius 3 is 2.74 bits per heavy atom. The third-order valence-electron chi connectivity index (χ3n) is 3.38. The van der Waals surface area contributed by atoms with Crippen LogP contribution in [0.1, 0.15) is 38.4 Å². The van der Waals surface area contributed by atoms with Gasteiger partial charge in [0.25, 0.3) is 0 Å². The van der Waals surface area contributed by atoms with Crippen LogP contribution in [0.2, 0.25) is 0 Å². The maximum Gasteiger partial charge on any atom is 0.241 e. The largest absolute Gasteiger partial charge is 0.321 e. The van der Waals surface area contributed by atoms with E-state index >= 15 is 0 Å². The number of halogens is 2. The van der Waals surface area contributed by atoms with Gasteiger partial charge in [0.15, 0.2) is 0 Å². The zero-order valence-corrected chi connectivity index (χ0v) is 11.1. The first-order chi connectivity index (χ1) is 9.04. The normalized spacial score (nSPS) is 23.2. The van der Waals surface area contributed by atoms with E-state index in [9.17, 15) is 13.6 Å². The van der Waals surface area contributed by atoms with Gasteiger partial charge in [0.1, 0.15) is 17.8 Å². The van der Waals surface area contributed by atoms with Crippen LogP contribution in [-0.2, 0) is 4.79 Å². The van der Waals surface area contributed by atoms with Crippen molar-refractivity contribution in [2.24, 2.45) is 0 Å². The summed E-state index contributed by atoms with van der Waals surface area (Å²) >= 11 is 0. The van der Waals surface area contributed by atoms with Crippen LogP contribution in [0.15, 0.2) is 18.2 Å². The molecule has 2 atom stereocenters. The minimum Gasteiger partial charge on any atom is -0.321 e. The zero-order valence-electron chi connectivity index (χ0n) is 11.1. The second-order valence-electron chi connectivity index (χ2n) is 4.84. The van der Waals surface area contributed by atoms with E-state index in [4.69, 9.17) is 0 Å². The number of nitrogens with zero attached hydrogens (tertiary/aromatic N) is 1. The van der Waals surface area contributed by atoms with E-state index in [2.05, 4.69) is 5.32 Å². The maximum atomic E-state index is 13.8. The summed E-state index contributed by atoms with van der Waals surface area (Å²) in [5, 5.41) is 3.05. The van der Waals surface area contributed by atoms with Crippen molar-refractivity contribution in [1.82, 2.24) is 10.2 Å². The highest BCUT2D eigenvalue weighted by molar-refractivity contribution is 5.84. The summed E-state index contributed by atoms with van der Waals surface area (Å²) in [6.45, 7) is 4.36. The summed E-state index contributed by atoms with van der Waals surface area (Å²) in [5.41, 5.74) is 0.315. The van der Waals surface area contributed by atoms with Crippen molar-refractivity contribution in [2.45, 2.75) is 38.9 Å². The van der Waals surface area contributed by atoms with Gasteiger partial charge in [-0.25, -0.2) is 8.78 Å². The highest BCUT2D eigenvalue weighted by Gasteiger charge is 2.37. The number of carbonyl (C=O) groups is 1. The molecule has 2 unspecified atom stereocenters. The fourth-order valence-corrected chi connectivity index (χ4v) is 2.32. The molecule has 0 aromatic heterocycles. The number of hydrogen-bond acceptors (Lipinski definition) is 2. The molecule has 0 bridgehead atoms. The molecule has 1 amide bonds. The number of unbranched alkanes of at least 4 members (excludes halogenated alkanes) is 1. The van der Waals surface area contributed by atoms with Crippen LogP contribution in [0.3, 0.4) is 0 Å². The van der Waals surface area contributed by atoms with Crippen LogP contribution in [0.25, 0.3) is 0 Å². The minimum atomic E-state index is -0.624. The van der Waals surface area contributed by atoms with Crippen molar-refractivity contribution < 1.29 is 13.6 Å². The zero-order chi connectivity index (χ0) is 14.0. The number of benzene rings is 1. The first-order valence-corrected chi connectivity index (χ1v) is 6.56. The first-order valence-electron chi connectivity index (χ1n) is 6.56. The minimum absolute atomic E-state index is 0.0397. The molecule has 1 N–H and O–H groups in total. The smallest absolute Gasteiger partial charge is 0.241 e. The van der Waals surface area contributed by atoms with Crippen molar-refractivity contribution >= 4 is 5.91 Å². The summed E-state index contributed by atoms with van der Waals surface area (Å²) < 4.78 is 26.8. The topological polar surface area (TPSA) is 32.3 Å². The maximum absolute atomic E-state index is 13.8. The van der Waals surface area contributed by atoms with Gasteiger partial charge in [0.05, 0.1) is 6.04 Å². The number of nitrogens with one attached hydrogen (secondary N) is 1. The lowest BCUT2D eigenvalue weighted by Crippen LogP contribution is -2.32. The van der Waals surface area contributed by atoms with Crippen LogP contribution < -0.4 is 5.32 Å². The van der Waals surface area contributed by atoms with Gasteiger partial charge in [-0.1, -0.05) is 13.3 Å². The summed E-state index contributed by atoms with van der Waals surface area (Å²) in [4.78, 5) is 13.7. The third-order valence-corrected chi connectivity index (χ3v) is 3.38. The molecule has 1 aliphatic heterocycles. The lowest BCUT2D eigenvalue weighted by molar-refractivity contribution is -0.129. The van der Waals surface area contributed by atoms with Crippen LogP contribution in [0, 0.1) is 11.6 Å². The summed E-state index contributed by atoms with van der Waals surface area (Å²) in [7, 11) is 0. The Hall–Kier alpha value is -1.49. The molecule has 1 aliphatic rings. The van der Waals surface area contributed by atoms with Gasteiger partial charge < -0.3 is 4.90 Å². The Bertz CT molecular complexity index is 479. The van der Waals surface area contributed by atoms with Gasteiger partial charge in [0, 0.05) is 18.2 Å². The molecule has 5 heteroatoms. The molecule has 2 rings (SSSR count). The van der Waals surface area contributed by atoms with E-state index in [1.165, 1.54) is 12.1 Å². The number of carbonyl (C=O) groups excluding carboxylic acids is 1. The monoisotopic (exact) mass is 268 g/mol. The third kappa shape index (κ3) is 2.76. The molecule has 1 fully saturated rings. The van der Waals surface area contributed by atoms with Crippen molar-refractivity contribution in [1.29, 1.82) is 0 Å². The van der Waals surface area contributed by atoms with E-state index in [0.717, 1.165) is 18.9 Å². The second kappa shape index (κ2) is 5.65. The number of hydrogen-bond donors (Lipinski definition) is 1. The molecule has 0 radical (unpaired) electrons. The van der Waals surface area contributed by atoms with Crippen LogP contribution in [-0.4, -0.2) is 23.4 Å². The summed E-state index contributed by atoms with van der Waals surface area (Å²) in [6.07, 6.45) is 1.31. The number of rotatable bonds is 4. The Morgan fingerprint density at radius 2 is 2.11 bits per heavy atom. The highest BCUT2D eigenvalue weighted by Crippen LogP contribution is 2.27. The average molecular weight is 268 g/mol. The Balaban J connectivity index is 2.28. The van der Waals surface area contributed by atoms with Gasteiger partial charge >= 0.3 is 0 Å². The van der Waals surface area contributed by atoms with Crippen molar-refractivity contribution in [2.75, 3.05) is 6.54 Å². The predicted molar refractivity (Wildman–Crippen MR) is 68.3 cm³/mol. The first kappa shape index (κ1) is 13.9. The van der Waals surface area contributed by atoms with E-state index < -0.39 is 17.8 Å². The van der Waals surface area contributed by atoms with Gasteiger partial charge in [0.2, 0.25) is 5.91 Å². The van der Waals surface area contributed by atoms with Gasteiger partial charge in [-0.05, 0) is 25.5 Å². The molecule has 19 heavy (non-hydrogen) atoms. The molecule has 1 heterocycles. The number of amides is 1. The van der Waals surface area contributed by atoms with Crippen molar-refractivity contribution in [3.63, 3.8) is 0 Å². The Labute approximate surface area is 111 Å². The second-order valence-corrected chi connectivity index (χ2v) is 4.84. The lowest BCUT2D eigenvalue weighted by Gasteiger charge is -2.24. The molecule has 0 aliphatic carbocycles. The predicted octanol–water partition coefficient (Wildman–Crippen LogP) is 2.58. The fraction of sp³-hybridized carbons (Fsp3) is 0.500. The lowest BCUT2D eigenvalue weighted by atomic mass is 10.1. The van der Waals surface area contributed by atoms with E-state index in [1.54, 1.807) is 11.8 Å². The summed E-state index contributed by atoms with van der Waals surface area (Å²) in [6, 6.07) is 3.12. The molecule has 3 nitrogen and oxygen atoms in total. The van der Waals surface area contributed by atoms with Gasteiger partial charge in [-0.15, -0.1) is 0 Å². The van der Waals surface area contributed by atoms with E-state index in [1.807, 2.05) is 6.92 Å². The SMILES string of the molecule is CCCCN1C(=O)C(C)NC1c1ccc(F)cc1F. The van der Waals surface area contributed by atoms with E-state index in [0.29, 0.717) is 12.1 Å². The van der Waals surface area contributed by atoms with Crippen LogP contribution in [0.5, 0.6) is 0 Å². The molecule has 1 saturated heterocycles. The molecular formula is C14H18F2N2O. The Morgan fingerprint density at radius 1 is 1.37 bits per heavy atom. The van der Waals surface area contributed by atoms with Gasteiger partial charge in [-0.2, -0.15) is 0 Å². The van der Waals surface area contributed by atoms with Crippen molar-refractivity contribution in [3.8, 4) is 0 Å². The molecule has 0 saturated carbocycles. The quantitative estimate of drug-likeness (QED) is 0.910. The molecule has 0 spiro atoms. The molecule has 1 aromatic rings. The fourth-order valence-electron chi connectivity index (χ4n) is 2.32. The average Bonchev–Trinajstić information content (AvgIpc) is 2.63.